The summed E-state index contributed by atoms with van der Waals surface area (Å²) in [6.07, 6.45) is 1.37. The van der Waals surface area contributed by atoms with Gasteiger partial charge in [0.2, 0.25) is 6.10 Å². The summed E-state index contributed by atoms with van der Waals surface area (Å²) in [5.74, 6) is -0.219. The Balaban J connectivity index is 0.990. The molecule has 0 amide bonds. The van der Waals surface area contributed by atoms with E-state index < -0.39 is 50.5 Å². The van der Waals surface area contributed by atoms with Gasteiger partial charge in [0.1, 0.15) is 6.10 Å². The van der Waals surface area contributed by atoms with Crippen LogP contribution in [0.5, 0.6) is 0 Å². The van der Waals surface area contributed by atoms with Crippen molar-refractivity contribution in [3.63, 3.8) is 0 Å². The van der Waals surface area contributed by atoms with Gasteiger partial charge < -0.3 is 28.4 Å². The smallest absolute Gasteiger partial charge is 0.350 e. The van der Waals surface area contributed by atoms with E-state index in [0.717, 1.165) is 25.3 Å². The Hall–Kier alpha value is -1.49. The number of esters is 3. The molecule has 3 saturated carbocycles. The van der Waals surface area contributed by atoms with Crippen molar-refractivity contribution in [1.29, 1.82) is 0 Å². The lowest BCUT2D eigenvalue weighted by atomic mass is 9.76. The highest BCUT2D eigenvalue weighted by Crippen LogP contribution is 2.55. The summed E-state index contributed by atoms with van der Waals surface area (Å²) >= 11 is 0. The van der Waals surface area contributed by atoms with Gasteiger partial charge >= 0.3 is 17.9 Å². The zero-order valence-corrected chi connectivity index (χ0v) is 24.9. The predicted molar refractivity (Wildman–Crippen MR) is 141 cm³/mol. The van der Waals surface area contributed by atoms with Crippen LogP contribution in [0.25, 0.3) is 0 Å². The lowest BCUT2D eigenvalue weighted by Gasteiger charge is -2.35. The first-order valence-electron chi connectivity index (χ1n) is 15.0. The summed E-state index contributed by atoms with van der Waals surface area (Å²) in [7, 11) is -1.13. The molecular weight excluding hydrogens is 520 g/mol. The van der Waals surface area contributed by atoms with Gasteiger partial charge in [-0.1, -0.05) is 39.5 Å². The van der Waals surface area contributed by atoms with E-state index in [2.05, 4.69) is 33.5 Å². The van der Waals surface area contributed by atoms with Crippen LogP contribution in [0.2, 0.25) is 25.7 Å². The lowest BCUT2D eigenvalue weighted by Crippen LogP contribution is -2.43. The van der Waals surface area contributed by atoms with E-state index in [-0.39, 0.29) is 23.8 Å². The van der Waals surface area contributed by atoms with Crippen molar-refractivity contribution in [3.05, 3.63) is 0 Å². The Kier molecular flexibility index (Phi) is 7.16. The fourth-order valence-corrected chi connectivity index (χ4v) is 9.24. The summed E-state index contributed by atoms with van der Waals surface area (Å²) in [6.45, 7) is 11.9. The third-order valence-electron chi connectivity index (χ3n) is 10.5. The molecule has 0 aromatic carbocycles. The minimum atomic E-state index is -1.13. The predicted octanol–water partition coefficient (Wildman–Crippen LogP) is 4.05. The maximum absolute atomic E-state index is 13.1. The maximum atomic E-state index is 13.1. The number of carbonyl (C=O) groups is 3. The van der Waals surface area contributed by atoms with Crippen molar-refractivity contribution in [2.45, 2.75) is 121 Å². The summed E-state index contributed by atoms with van der Waals surface area (Å²) in [5.41, 5.74) is 0. The number of fused-ring (bicyclic) bond motifs is 5. The van der Waals surface area contributed by atoms with Crippen LogP contribution in [-0.2, 0) is 42.8 Å². The van der Waals surface area contributed by atoms with E-state index in [1.54, 1.807) is 0 Å². The van der Waals surface area contributed by atoms with E-state index in [0.29, 0.717) is 56.0 Å². The summed E-state index contributed by atoms with van der Waals surface area (Å²) in [5, 5.41) is 0. The fraction of sp³-hybridized carbons (Fsp3) is 0.897. The van der Waals surface area contributed by atoms with Gasteiger partial charge in [0, 0.05) is 20.9 Å². The molecule has 39 heavy (non-hydrogen) atoms. The molecule has 10 atom stereocenters. The number of hydrogen-bond donors (Lipinski definition) is 0. The zero-order valence-electron chi connectivity index (χ0n) is 23.9. The van der Waals surface area contributed by atoms with E-state index in [1.165, 1.54) is 0 Å². The molecule has 3 heterocycles. The van der Waals surface area contributed by atoms with Crippen LogP contribution in [0.15, 0.2) is 0 Å². The van der Waals surface area contributed by atoms with E-state index in [4.69, 9.17) is 28.4 Å². The second-order valence-corrected chi connectivity index (χ2v) is 19.8. The quantitative estimate of drug-likeness (QED) is 0.196. The van der Waals surface area contributed by atoms with Crippen LogP contribution in [0, 0.1) is 35.5 Å². The molecule has 0 N–H and O–H groups in total. The molecule has 0 radical (unpaired) electrons. The average Bonchev–Trinajstić information content (AvgIpc) is 3.65. The monoisotopic (exact) mass is 564 g/mol. The van der Waals surface area contributed by atoms with Crippen molar-refractivity contribution in [2.75, 3.05) is 6.61 Å². The highest BCUT2D eigenvalue weighted by Gasteiger charge is 2.66. The zero-order chi connectivity index (χ0) is 27.7. The van der Waals surface area contributed by atoms with Crippen LogP contribution in [0.3, 0.4) is 0 Å². The molecular formula is C29H44O9Si. The molecule has 9 nitrogen and oxygen atoms in total. The van der Waals surface area contributed by atoms with Crippen LogP contribution in [0.1, 0.15) is 58.8 Å². The normalized spacial score (nSPS) is 46.3. The molecule has 10 heteroatoms. The van der Waals surface area contributed by atoms with Crippen molar-refractivity contribution in [3.8, 4) is 0 Å². The minimum Gasteiger partial charge on any atom is -0.465 e. The van der Waals surface area contributed by atoms with E-state index in [1.807, 2.05) is 0 Å². The molecule has 6 rings (SSSR count). The first-order valence-corrected chi connectivity index (χ1v) is 18.7. The standard InChI is InChI=1S/C29H44O9Si/c1-15-16(2)19-13-18(15)14-20(19)26(31)35-23-21-22(34-27(23)32)24-28(36-21)38-29(37-24)9-7-17(8-10-29)25(30)33-11-6-12-39(3,4)5/h15-24,28H,6-14H2,1-5H3. The molecule has 6 aliphatic rings. The average molecular weight is 565 g/mol. The van der Waals surface area contributed by atoms with Crippen molar-refractivity contribution in [2.24, 2.45) is 35.5 Å². The second-order valence-electron chi connectivity index (χ2n) is 14.2. The van der Waals surface area contributed by atoms with Crippen LogP contribution < -0.4 is 0 Å². The first-order chi connectivity index (χ1) is 18.4. The number of carbonyl (C=O) groups excluding carboxylic acids is 3. The number of hydrogen-bond acceptors (Lipinski definition) is 9. The molecule has 3 aliphatic heterocycles. The Morgan fingerprint density at radius 3 is 2.38 bits per heavy atom. The summed E-state index contributed by atoms with van der Waals surface area (Å²) in [4.78, 5) is 38.4. The molecule has 0 aromatic rings. The summed E-state index contributed by atoms with van der Waals surface area (Å²) < 4.78 is 35.6. The Morgan fingerprint density at radius 2 is 1.72 bits per heavy atom. The highest BCUT2D eigenvalue weighted by molar-refractivity contribution is 6.76. The molecule has 6 fully saturated rings. The first kappa shape index (κ1) is 27.7. The molecule has 0 aromatic heterocycles. The van der Waals surface area contributed by atoms with Gasteiger partial charge in [0.25, 0.3) is 0 Å². The van der Waals surface area contributed by atoms with Crippen LogP contribution >= 0.6 is 0 Å². The van der Waals surface area contributed by atoms with E-state index >= 15 is 0 Å². The molecule has 218 valence electrons. The maximum Gasteiger partial charge on any atom is 0.350 e. The van der Waals surface area contributed by atoms with Gasteiger partial charge in [-0.25, -0.2) is 4.79 Å². The SMILES string of the molecule is CC1C2CC(C(=O)OC3C(=O)OC4C5OC6(CCC(C(=O)OCCC[Si](C)(C)C)CC6)OC5OC34)C(C2)C1C. The number of ether oxygens (including phenoxy) is 6. The van der Waals surface area contributed by atoms with Crippen LogP contribution in [-0.4, -0.2) is 69.1 Å². The molecule has 3 aliphatic carbocycles. The van der Waals surface area contributed by atoms with Gasteiger partial charge in [-0.05, 0) is 55.8 Å². The highest BCUT2D eigenvalue weighted by atomic mass is 28.3. The van der Waals surface area contributed by atoms with Crippen molar-refractivity contribution >= 4 is 26.0 Å². The largest absolute Gasteiger partial charge is 0.465 e. The third kappa shape index (κ3) is 5.08. The Labute approximate surface area is 231 Å². The lowest BCUT2D eigenvalue weighted by molar-refractivity contribution is -0.249. The Bertz CT molecular complexity index is 984. The van der Waals surface area contributed by atoms with Crippen molar-refractivity contribution in [1.82, 2.24) is 0 Å². The van der Waals surface area contributed by atoms with Crippen molar-refractivity contribution < 1.29 is 42.8 Å². The second kappa shape index (κ2) is 10.1. The fourth-order valence-electron chi connectivity index (χ4n) is 8.03. The van der Waals surface area contributed by atoms with Gasteiger partial charge in [-0.2, -0.15) is 0 Å². The van der Waals surface area contributed by atoms with Gasteiger partial charge in [0.15, 0.2) is 24.3 Å². The minimum absolute atomic E-state index is 0.136. The molecule has 1 spiro atoms. The van der Waals surface area contributed by atoms with Gasteiger partial charge in [-0.3, -0.25) is 9.59 Å². The molecule has 3 saturated heterocycles. The summed E-state index contributed by atoms with van der Waals surface area (Å²) in [6, 6.07) is 1.14. The molecule has 10 unspecified atom stereocenters. The third-order valence-corrected chi connectivity index (χ3v) is 12.4. The van der Waals surface area contributed by atoms with Gasteiger partial charge in [-0.15, -0.1) is 0 Å². The van der Waals surface area contributed by atoms with Crippen LogP contribution in [0.4, 0.5) is 0 Å². The number of rotatable bonds is 7. The molecule has 2 bridgehead atoms. The van der Waals surface area contributed by atoms with E-state index in [9.17, 15) is 14.4 Å². The topological polar surface area (TPSA) is 107 Å². The Morgan fingerprint density at radius 1 is 0.974 bits per heavy atom. The van der Waals surface area contributed by atoms with Gasteiger partial charge in [0.05, 0.1) is 18.4 Å².